The molecule has 0 atom stereocenters. The van der Waals surface area contributed by atoms with Gasteiger partial charge >= 0.3 is 12.1 Å². The number of hydrogen-bond acceptors (Lipinski definition) is 8. The van der Waals surface area contributed by atoms with Gasteiger partial charge in [-0.3, -0.25) is 14.5 Å². The topological polar surface area (TPSA) is 109 Å². The molecule has 0 unspecified atom stereocenters. The fraction of sp³-hybridized carbons (Fsp3) is 0.351. The number of benzene rings is 3. The Hall–Kier alpha value is -4.75. The van der Waals surface area contributed by atoms with Crippen LogP contribution in [0.2, 0.25) is 0 Å². The number of amides is 1. The van der Waals surface area contributed by atoms with Crippen LogP contribution >= 0.6 is 11.3 Å². The molecule has 1 amide bonds. The van der Waals surface area contributed by atoms with Crippen LogP contribution in [0.1, 0.15) is 62.7 Å². The highest BCUT2D eigenvalue weighted by Crippen LogP contribution is 2.34. The summed E-state index contributed by atoms with van der Waals surface area (Å²) in [4.78, 5) is 47.6. The molecule has 5 rings (SSSR count). The first-order valence-electron chi connectivity index (χ1n) is 16.0. The molecule has 1 saturated heterocycles. The second-order valence-electron chi connectivity index (χ2n) is 12.6. The molecular formula is C37H38F3N3O6S. The molecule has 4 aromatic rings. The highest BCUT2D eigenvalue weighted by molar-refractivity contribution is 7.15. The van der Waals surface area contributed by atoms with Crippen molar-refractivity contribution < 1.29 is 42.1 Å². The molecule has 3 aromatic carbocycles. The zero-order chi connectivity index (χ0) is 36.2. The number of carboxylic acids is 1. The van der Waals surface area contributed by atoms with E-state index in [0.29, 0.717) is 77.9 Å². The number of aryl methyl sites for hydroxylation is 2. The van der Waals surface area contributed by atoms with Crippen LogP contribution in [0.3, 0.4) is 0 Å². The third-order valence-corrected chi connectivity index (χ3v) is 9.77. The monoisotopic (exact) mass is 709 g/mol. The van der Waals surface area contributed by atoms with Gasteiger partial charge < -0.3 is 19.5 Å². The lowest BCUT2D eigenvalue weighted by Gasteiger charge is -2.34. The number of hydrogen-bond donors (Lipinski definition) is 1. The highest BCUT2D eigenvalue weighted by Gasteiger charge is 2.31. The summed E-state index contributed by atoms with van der Waals surface area (Å²) in [6, 6.07) is 16.7. The van der Waals surface area contributed by atoms with Crippen LogP contribution in [0, 0.1) is 6.92 Å². The maximum Gasteiger partial charge on any atom is 0.416 e. The number of rotatable bonds is 12. The molecule has 0 spiro atoms. The number of piperazine rings is 1. The van der Waals surface area contributed by atoms with Gasteiger partial charge in [0.05, 0.1) is 18.4 Å². The third kappa shape index (κ3) is 8.69. The van der Waals surface area contributed by atoms with Gasteiger partial charge in [0.15, 0.2) is 11.4 Å². The number of nitrogens with zero attached hydrogens (tertiary/aromatic N) is 3. The number of alkyl halides is 3. The summed E-state index contributed by atoms with van der Waals surface area (Å²) in [7, 11) is 1.57. The standard InChI is InChI=1S/C37H38F3N3O6S/c1-23-21-26(9-15-31(23)49-36(2,3)35(46)47)30(44)14-16-32-29(41-33(50-32)24-5-10-27(11-6-24)37(38,39)40)22-42-17-19-43(20-18-42)34(45)25-7-12-28(48-4)13-8-25/h5-13,15,21H,14,16-20,22H2,1-4H3,(H,46,47). The van der Waals surface area contributed by atoms with E-state index < -0.39 is 23.3 Å². The predicted molar refractivity (Wildman–Crippen MR) is 183 cm³/mol. The van der Waals surface area contributed by atoms with E-state index in [0.717, 1.165) is 22.7 Å². The molecule has 264 valence electrons. The van der Waals surface area contributed by atoms with Crippen LogP contribution in [-0.4, -0.2) is 76.4 Å². The van der Waals surface area contributed by atoms with Gasteiger partial charge in [-0.1, -0.05) is 12.1 Å². The van der Waals surface area contributed by atoms with Crippen LogP contribution in [0.15, 0.2) is 66.7 Å². The van der Waals surface area contributed by atoms with E-state index in [4.69, 9.17) is 14.5 Å². The smallest absolute Gasteiger partial charge is 0.416 e. The average molecular weight is 710 g/mol. The van der Waals surface area contributed by atoms with Crippen molar-refractivity contribution in [3.63, 3.8) is 0 Å². The fourth-order valence-electron chi connectivity index (χ4n) is 5.49. The number of aromatic nitrogens is 1. The van der Waals surface area contributed by atoms with E-state index in [1.54, 1.807) is 61.4 Å². The van der Waals surface area contributed by atoms with Crippen LogP contribution in [0.5, 0.6) is 11.5 Å². The van der Waals surface area contributed by atoms with Crippen LogP contribution < -0.4 is 9.47 Å². The van der Waals surface area contributed by atoms with Crippen molar-refractivity contribution in [1.82, 2.24) is 14.8 Å². The molecule has 13 heteroatoms. The minimum atomic E-state index is -4.45. The largest absolute Gasteiger partial charge is 0.497 e. The average Bonchev–Trinajstić information content (AvgIpc) is 3.50. The number of ketones is 1. The predicted octanol–water partition coefficient (Wildman–Crippen LogP) is 7.16. The molecule has 9 nitrogen and oxygen atoms in total. The highest BCUT2D eigenvalue weighted by atomic mass is 32.1. The van der Waals surface area contributed by atoms with Gasteiger partial charge in [0.1, 0.15) is 16.5 Å². The molecule has 1 aliphatic heterocycles. The van der Waals surface area contributed by atoms with Gasteiger partial charge in [-0.2, -0.15) is 13.2 Å². The van der Waals surface area contributed by atoms with Gasteiger partial charge in [-0.05, 0) is 87.4 Å². The molecule has 0 aliphatic carbocycles. The van der Waals surface area contributed by atoms with E-state index in [1.165, 1.54) is 37.3 Å². The van der Waals surface area contributed by atoms with Crippen molar-refractivity contribution in [2.45, 2.75) is 51.9 Å². The minimum absolute atomic E-state index is 0.0646. The van der Waals surface area contributed by atoms with E-state index in [2.05, 4.69) is 4.90 Å². The van der Waals surface area contributed by atoms with Crippen LogP contribution in [0.25, 0.3) is 10.6 Å². The van der Waals surface area contributed by atoms with Gasteiger partial charge in [0, 0.05) is 60.7 Å². The van der Waals surface area contributed by atoms with Crippen LogP contribution in [0.4, 0.5) is 13.2 Å². The van der Waals surface area contributed by atoms with Gasteiger partial charge in [-0.15, -0.1) is 11.3 Å². The summed E-state index contributed by atoms with van der Waals surface area (Å²) in [5.74, 6) is -0.270. The molecular weight excluding hydrogens is 671 g/mol. The Morgan fingerprint density at radius 2 is 1.56 bits per heavy atom. The van der Waals surface area contributed by atoms with Crippen molar-refractivity contribution in [1.29, 1.82) is 0 Å². The zero-order valence-corrected chi connectivity index (χ0v) is 29.0. The number of aliphatic carboxylic acids is 1. The lowest BCUT2D eigenvalue weighted by atomic mass is 10.0. The molecule has 1 N–H and O–H groups in total. The number of thiazole rings is 1. The molecule has 2 heterocycles. The molecule has 50 heavy (non-hydrogen) atoms. The number of carboxylic acid groups (broad SMARTS) is 1. The summed E-state index contributed by atoms with van der Waals surface area (Å²) in [6.45, 7) is 7.30. The Kier molecular flexibility index (Phi) is 11.0. The molecule has 1 fully saturated rings. The summed E-state index contributed by atoms with van der Waals surface area (Å²) < 4.78 is 50.5. The van der Waals surface area contributed by atoms with Crippen molar-refractivity contribution >= 4 is 29.0 Å². The lowest BCUT2D eigenvalue weighted by Crippen LogP contribution is -2.48. The van der Waals surface area contributed by atoms with Crippen molar-refractivity contribution in [3.8, 4) is 22.1 Å². The SMILES string of the molecule is COc1ccc(C(=O)N2CCN(Cc3nc(-c4ccc(C(F)(F)F)cc4)sc3CCC(=O)c3ccc(OC(C)(C)C(=O)O)c(C)c3)CC2)cc1. The van der Waals surface area contributed by atoms with E-state index in [1.807, 2.05) is 0 Å². The van der Waals surface area contributed by atoms with Gasteiger partial charge in [0.25, 0.3) is 5.91 Å². The first kappa shape index (κ1) is 36.5. The molecule has 0 saturated carbocycles. The first-order valence-corrected chi connectivity index (χ1v) is 16.8. The Labute approximate surface area is 292 Å². The number of carbonyl (C=O) groups excluding carboxylic acids is 2. The summed E-state index contributed by atoms with van der Waals surface area (Å²) >= 11 is 1.35. The number of Topliss-reactive ketones (excluding diaryl/α,β-unsaturated/α-hetero) is 1. The Balaban J connectivity index is 1.30. The quantitative estimate of drug-likeness (QED) is 0.155. The summed E-state index contributed by atoms with van der Waals surface area (Å²) in [6.07, 6.45) is -3.93. The Morgan fingerprint density at radius 3 is 2.14 bits per heavy atom. The molecule has 0 bridgehead atoms. The van der Waals surface area contributed by atoms with E-state index in [9.17, 15) is 32.7 Å². The number of methoxy groups -OCH3 is 1. The fourth-order valence-corrected chi connectivity index (χ4v) is 6.57. The lowest BCUT2D eigenvalue weighted by molar-refractivity contribution is -0.152. The summed E-state index contributed by atoms with van der Waals surface area (Å²) in [5.41, 5.74) is 0.753. The van der Waals surface area contributed by atoms with E-state index >= 15 is 0 Å². The second-order valence-corrected chi connectivity index (χ2v) is 13.7. The Bertz CT molecular complexity index is 1850. The van der Waals surface area contributed by atoms with Crippen molar-refractivity contribution in [2.75, 3.05) is 33.3 Å². The number of ether oxygens (including phenoxy) is 2. The zero-order valence-electron chi connectivity index (χ0n) is 28.2. The number of carbonyl (C=O) groups is 3. The molecule has 1 aromatic heterocycles. The Morgan fingerprint density at radius 1 is 0.920 bits per heavy atom. The van der Waals surface area contributed by atoms with Crippen molar-refractivity contribution in [3.05, 3.63) is 99.6 Å². The maximum atomic E-state index is 13.3. The molecule has 0 radical (unpaired) electrons. The number of halogens is 3. The normalized spacial score (nSPS) is 14.0. The maximum absolute atomic E-state index is 13.3. The van der Waals surface area contributed by atoms with Gasteiger partial charge in [0.2, 0.25) is 0 Å². The van der Waals surface area contributed by atoms with Gasteiger partial charge in [-0.25, -0.2) is 9.78 Å². The summed E-state index contributed by atoms with van der Waals surface area (Å²) in [5, 5.41) is 9.96. The first-order chi connectivity index (χ1) is 23.6. The minimum Gasteiger partial charge on any atom is -0.497 e. The molecule has 1 aliphatic rings. The van der Waals surface area contributed by atoms with Crippen molar-refractivity contribution in [2.24, 2.45) is 0 Å². The van der Waals surface area contributed by atoms with E-state index in [-0.39, 0.29) is 18.1 Å². The third-order valence-electron chi connectivity index (χ3n) is 8.56. The van der Waals surface area contributed by atoms with Crippen LogP contribution in [-0.2, 0) is 23.9 Å². The second kappa shape index (κ2) is 15.0.